The third-order valence-corrected chi connectivity index (χ3v) is 4.93. The van der Waals surface area contributed by atoms with E-state index in [4.69, 9.17) is 4.74 Å². The largest absolute Gasteiger partial charge is 0.380 e. The number of benzene rings is 1. The Morgan fingerprint density at radius 3 is 2.81 bits per heavy atom. The van der Waals surface area contributed by atoms with Crippen LogP contribution in [0, 0.1) is 5.92 Å². The van der Waals surface area contributed by atoms with Gasteiger partial charge in [-0.05, 0) is 56.3 Å². The van der Waals surface area contributed by atoms with Crippen LogP contribution in [0.15, 0.2) is 24.3 Å². The van der Waals surface area contributed by atoms with Crippen molar-refractivity contribution < 1.29 is 4.74 Å². The first-order valence-electron chi connectivity index (χ1n) is 8.30. The van der Waals surface area contributed by atoms with Gasteiger partial charge in [0.2, 0.25) is 0 Å². The van der Waals surface area contributed by atoms with Crippen LogP contribution in [0.5, 0.6) is 0 Å². The summed E-state index contributed by atoms with van der Waals surface area (Å²) >= 11 is 0. The van der Waals surface area contributed by atoms with Gasteiger partial charge in [0.25, 0.3) is 0 Å². The molecule has 0 radical (unpaired) electrons. The summed E-state index contributed by atoms with van der Waals surface area (Å²) in [6.07, 6.45) is 5.38. The van der Waals surface area contributed by atoms with Crippen LogP contribution in [0.1, 0.15) is 42.9 Å². The first-order valence-corrected chi connectivity index (χ1v) is 8.30. The second-order valence-corrected chi connectivity index (χ2v) is 6.64. The van der Waals surface area contributed by atoms with Crippen LogP contribution in [-0.4, -0.2) is 38.2 Å². The van der Waals surface area contributed by atoms with Crippen LogP contribution in [-0.2, 0) is 11.3 Å². The normalized spacial score (nSPS) is 27.0. The van der Waals surface area contributed by atoms with E-state index in [0.717, 1.165) is 12.6 Å². The number of nitrogens with one attached hydrogen (secondary N) is 1. The Morgan fingerprint density at radius 2 is 2.05 bits per heavy atom. The molecule has 0 aromatic heterocycles. The zero-order chi connectivity index (χ0) is 14.7. The quantitative estimate of drug-likeness (QED) is 0.871. The minimum atomic E-state index is 0.524. The number of hydrogen-bond donors (Lipinski definition) is 1. The topological polar surface area (TPSA) is 24.5 Å². The van der Waals surface area contributed by atoms with Crippen molar-refractivity contribution in [3.63, 3.8) is 0 Å². The van der Waals surface area contributed by atoms with Gasteiger partial charge in [0, 0.05) is 25.7 Å². The molecule has 0 spiro atoms. The van der Waals surface area contributed by atoms with Gasteiger partial charge in [-0.2, -0.15) is 0 Å². The average molecular weight is 288 g/mol. The molecule has 21 heavy (non-hydrogen) atoms. The summed E-state index contributed by atoms with van der Waals surface area (Å²) in [5.74, 6) is 0.711. The number of piperidine rings is 1. The third-order valence-electron chi connectivity index (χ3n) is 4.93. The summed E-state index contributed by atoms with van der Waals surface area (Å²) in [7, 11) is 4.06. The minimum absolute atomic E-state index is 0.524. The smallest absolute Gasteiger partial charge is 0.0716 e. The summed E-state index contributed by atoms with van der Waals surface area (Å²) in [5, 5.41) is 3.74. The third kappa shape index (κ3) is 3.65. The molecule has 1 aliphatic carbocycles. The lowest BCUT2D eigenvalue weighted by molar-refractivity contribution is 0.115. The number of nitrogens with zero attached hydrogens (tertiary/aromatic N) is 1. The van der Waals surface area contributed by atoms with E-state index in [1.807, 2.05) is 0 Å². The number of methoxy groups -OCH3 is 1. The fraction of sp³-hybridized carbons (Fsp3) is 0.667. The first kappa shape index (κ1) is 15.0. The summed E-state index contributed by atoms with van der Waals surface area (Å²) in [4.78, 5) is 2.54. The summed E-state index contributed by atoms with van der Waals surface area (Å²) in [6.45, 7) is 3.07. The molecule has 116 valence electrons. The van der Waals surface area contributed by atoms with E-state index in [-0.39, 0.29) is 0 Å². The molecule has 2 fully saturated rings. The van der Waals surface area contributed by atoms with Gasteiger partial charge in [0.15, 0.2) is 0 Å². The predicted molar refractivity (Wildman–Crippen MR) is 86.3 cm³/mol. The fourth-order valence-electron chi connectivity index (χ4n) is 3.68. The number of rotatable bonds is 6. The van der Waals surface area contributed by atoms with Crippen molar-refractivity contribution in [2.75, 3.05) is 27.2 Å². The lowest BCUT2D eigenvalue weighted by Gasteiger charge is -2.40. The number of likely N-dealkylation sites (tertiary alicyclic amines) is 1. The van der Waals surface area contributed by atoms with Gasteiger partial charge in [0.05, 0.1) is 6.61 Å². The molecule has 1 aliphatic heterocycles. The van der Waals surface area contributed by atoms with Crippen molar-refractivity contribution in [1.29, 1.82) is 0 Å². The molecule has 3 heteroatoms. The van der Waals surface area contributed by atoms with Crippen molar-refractivity contribution in [2.45, 2.75) is 44.4 Å². The van der Waals surface area contributed by atoms with Crippen molar-refractivity contribution in [1.82, 2.24) is 10.2 Å². The standard InChI is InChI=1S/C18H28N2O/c1-20-11-5-7-14(12-19-16-9-10-16)18(20)17-8-4-3-6-15(17)13-21-2/h3-4,6,8,14,16,18-19H,5,7,9-13H2,1-2H3. The Hall–Kier alpha value is -0.900. The van der Waals surface area contributed by atoms with Crippen LogP contribution in [0.25, 0.3) is 0 Å². The van der Waals surface area contributed by atoms with Crippen LogP contribution in [0.3, 0.4) is 0 Å². The number of ether oxygens (including phenoxy) is 1. The molecule has 1 heterocycles. The molecule has 0 amide bonds. The van der Waals surface area contributed by atoms with E-state index < -0.39 is 0 Å². The maximum atomic E-state index is 5.40. The van der Waals surface area contributed by atoms with Gasteiger partial charge in [-0.3, -0.25) is 4.90 Å². The van der Waals surface area contributed by atoms with Crippen LogP contribution < -0.4 is 5.32 Å². The molecule has 2 atom stereocenters. The van der Waals surface area contributed by atoms with Crippen LogP contribution >= 0.6 is 0 Å². The van der Waals surface area contributed by atoms with Gasteiger partial charge < -0.3 is 10.1 Å². The lowest BCUT2D eigenvalue weighted by Crippen LogP contribution is -2.41. The minimum Gasteiger partial charge on any atom is -0.380 e. The first-order chi connectivity index (χ1) is 10.3. The van der Waals surface area contributed by atoms with Crippen molar-refractivity contribution >= 4 is 0 Å². The summed E-state index contributed by atoms with van der Waals surface area (Å²) in [6, 6.07) is 10.1. The highest BCUT2D eigenvalue weighted by atomic mass is 16.5. The summed E-state index contributed by atoms with van der Waals surface area (Å²) in [5.41, 5.74) is 2.80. The average Bonchev–Trinajstić information content (AvgIpc) is 3.31. The summed E-state index contributed by atoms with van der Waals surface area (Å²) < 4.78 is 5.40. The zero-order valence-corrected chi connectivity index (χ0v) is 13.3. The molecular weight excluding hydrogens is 260 g/mol. The van der Waals surface area contributed by atoms with Gasteiger partial charge in [-0.1, -0.05) is 24.3 Å². The zero-order valence-electron chi connectivity index (χ0n) is 13.3. The molecule has 0 bridgehead atoms. The van der Waals surface area contributed by atoms with Crippen molar-refractivity contribution in [2.24, 2.45) is 5.92 Å². The maximum Gasteiger partial charge on any atom is 0.0716 e. The second kappa shape index (κ2) is 6.91. The van der Waals surface area contributed by atoms with Gasteiger partial charge >= 0.3 is 0 Å². The molecular formula is C18H28N2O. The van der Waals surface area contributed by atoms with E-state index in [2.05, 4.69) is 41.5 Å². The number of hydrogen-bond acceptors (Lipinski definition) is 3. The Labute approximate surface area is 128 Å². The van der Waals surface area contributed by atoms with E-state index >= 15 is 0 Å². The van der Waals surface area contributed by atoms with Crippen molar-refractivity contribution in [3.8, 4) is 0 Å². The second-order valence-electron chi connectivity index (χ2n) is 6.64. The molecule has 1 aromatic carbocycles. The Bertz CT molecular complexity index is 458. The molecule has 2 aliphatic rings. The van der Waals surface area contributed by atoms with E-state index in [0.29, 0.717) is 18.6 Å². The molecule has 1 aromatic rings. The molecule has 1 saturated carbocycles. The van der Waals surface area contributed by atoms with Crippen LogP contribution in [0.4, 0.5) is 0 Å². The van der Waals surface area contributed by atoms with Crippen molar-refractivity contribution in [3.05, 3.63) is 35.4 Å². The van der Waals surface area contributed by atoms with E-state index in [1.54, 1.807) is 7.11 Å². The Balaban J connectivity index is 1.80. The van der Waals surface area contributed by atoms with Gasteiger partial charge in [-0.15, -0.1) is 0 Å². The molecule has 1 N–H and O–H groups in total. The monoisotopic (exact) mass is 288 g/mol. The highest BCUT2D eigenvalue weighted by Crippen LogP contribution is 2.37. The highest BCUT2D eigenvalue weighted by molar-refractivity contribution is 5.30. The van der Waals surface area contributed by atoms with Gasteiger partial charge in [-0.25, -0.2) is 0 Å². The lowest BCUT2D eigenvalue weighted by atomic mass is 9.83. The van der Waals surface area contributed by atoms with Crippen LogP contribution in [0.2, 0.25) is 0 Å². The molecule has 1 saturated heterocycles. The Kier molecular flexibility index (Phi) is 4.94. The Morgan fingerprint density at radius 1 is 1.24 bits per heavy atom. The van der Waals surface area contributed by atoms with Gasteiger partial charge in [0.1, 0.15) is 0 Å². The molecule has 2 unspecified atom stereocenters. The highest BCUT2D eigenvalue weighted by Gasteiger charge is 2.33. The SMILES string of the molecule is COCc1ccccc1C1C(CNC2CC2)CCCN1C. The maximum absolute atomic E-state index is 5.40. The molecule has 3 rings (SSSR count). The molecule has 3 nitrogen and oxygen atoms in total. The van der Waals surface area contributed by atoms with E-state index in [9.17, 15) is 0 Å². The van der Waals surface area contributed by atoms with E-state index in [1.165, 1.54) is 43.4 Å². The fourth-order valence-corrected chi connectivity index (χ4v) is 3.68. The predicted octanol–water partition coefficient (Wildman–Crippen LogP) is 2.97.